The maximum Gasteiger partial charge on any atom is 0.314 e. The Bertz CT molecular complexity index is 194. The fourth-order valence-electron chi connectivity index (χ4n) is 1.47. The molecule has 0 heterocycles. The van der Waals surface area contributed by atoms with E-state index >= 15 is 0 Å². The quantitative estimate of drug-likeness (QED) is 0.650. The maximum absolute atomic E-state index is 11.4. The van der Waals surface area contributed by atoms with Gasteiger partial charge in [-0.15, -0.1) is 0 Å². The summed E-state index contributed by atoms with van der Waals surface area (Å²) in [5.41, 5.74) is 0. The first-order valence-corrected chi connectivity index (χ1v) is 4.43. The Morgan fingerprint density at radius 1 is 1.50 bits per heavy atom. The molecule has 0 amide bonds. The SMILES string of the molecule is CCC(C(=O)O)C(=O)C1CCC1. The van der Waals surface area contributed by atoms with Crippen molar-refractivity contribution in [3.8, 4) is 0 Å². The molecular formula is C9H14O3. The number of ketones is 1. The van der Waals surface area contributed by atoms with Crippen LogP contribution in [0.3, 0.4) is 0 Å². The van der Waals surface area contributed by atoms with Crippen molar-refractivity contribution in [3.05, 3.63) is 0 Å². The highest BCUT2D eigenvalue weighted by molar-refractivity contribution is 5.99. The van der Waals surface area contributed by atoms with E-state index < -0.39 is 11.9 Å². The Balaban J connectivity index is 2.52. The van der Waals surface area contributed by atoms with Crippen molar-refractivity contribution in [3.63, 3.8) is 0 Å². The standard InChI is InChI=1S/C9H14O3/c1-2-7(9(11)12)8(10)6-4-3-5-6/h6-7H,2-5H2,1H3,(H,11,12). The molecule has 0 saturated heterocycles. The predicted octanol–water partition coefficient (Wildman–Crippen LogP) is 1.47. The van der Waals surface area contributed by atoms with Gasteiger partial charge >= 0.3 is 5.97 Å². The molecule has 1 aliphatic carbocycles. The Labute approximate surface area is 71.8 Å². The summed E-state index contributed by atoms with van der Waals surface area (Å²) in [5, 5.41) is 8.69. The summed E-state index contributed by atoms with van der Waals surface area (Å²) < 4.78 is 0. The van der Waals surface area contributed by atoms with Crippen molar-refractivity contribution in [2.45, 2.75) is 32.6 Å². The molecule has 0 radical (unpaired) electrons. The van der Waals surface area contributed by atoms with Crippen molar-refractivity contribution >= 4 is 11.8 Å². The largest absolute Gasteiger partial charge is 0.481 e. The van der Waals surface area contributed by atoms with Gasteiger partial charge in [-0.1, -0.05) is 13.3 Å². The summed E-state index contributed by atoms with van der Waals surface area (Å²) in [7, 11) is 0. The van der Waals surface area contributed by atoms with E-state index in [0.29, 0.717) is 6.42 Å². The highest BCUT2D eigenvalue weighted by atomic mass is 16.4. The zero-order valence-electron chi connectivity index (χ0n) is 7.25. The van der Waals surface area contributed by atoms with E-state index in [1.54, 1.807) is 6.92 Å². The smallest absolute Gasteiger partial charge is 0.314 e. The van der Waals surface area contributed by atoms with Crippen LogP contribution in [0.15, 0.2) is 0 Å². The first-order chi connectivity index (χ1) is 5.66. The molecular weight excluding hydrogens is 156 g/mol. The lowest BCUT2D eigenvalue weighted by Crippen LogP contribution is -2.32. The van der Waals surface area contributed by atoms with Crippen molar-refractivity contribution in [1.29, 1.82) is 0 Å². The molecule has 1 rings (SSSR count). The third-order valence-corrected chi connectivity index (χ3v) is 2.56. The van der Waals surface area contributed by atoms with Gasteiger partial charge in [0.1, 0.15) is 11.7 Å². The lowest BCUT2D eigenvalue weighted by molar-refractivity contribution is -0.148. The van der Waals surface area contributed by atoms with Gasteiger partial charge in [-0.2, -0.15) is 0 Å². The summed E-state index contributed by atoms with van der Waals surface area (Å²) >= 11 is 0. The summed E-state index contributed by atoms with van der Waals surface area (Å²) in [6.07, 6.45) is 3.28. The Morgan fingerprint density at radius 3 is 2.33 bits per heavy atom. The number of hydrogen-bond acceptors (Lipinski definition) is 2. The van der Waals surface area contributed by atoms with Crippen molar-refractivity contribution in [1.82, 2.24) is 0 Å². The van der Waals surface area contributed by atoms with E-state index in [2.05, 4.69) is 0 Å². The lowest BCUT2D eigenvalue weighted by atomic mass is 9.77. The third kappa shape index (κ3) is 1.65. The first kappa shape index (κ1) is 9.23. The van der Waals surface area contributed by atoms with Crippen LogP contribution in [0, 0.1) is 11.8 Å². The molecule has 68 valence electrons. The highest BCUT2D eigenvalue weighted by Crippen LogP contribution is 2.30. The van der Waals surface area contributed by atoms with Crippen molar-refractivity contribution in [2.24, 2.45) is 11.8 Å². The monoisotopic (exact) mass is 170 g/mol. The molecule has 0 spiro atoms. The zero-order chi connectivity index (χ0) is 9.14. The number of carboxylic acid groups (broad SMARTS) is 1. The number of hydrogen-bond donors (Lipinski definition) is 1. The van der Waals surface area contributed by atoms with Crippen LogP contribution in [0.25, 0.3) is 0 Å². The number of carboxylic acids is 1. The van der Waals surface area contributed by atoms with Crippen LogP contribution in [-0.4, -0.2) is 16.9 Å². The van der Waals surface area contributed by atoms with Gasteiger partial charge < -0.3 is 5.11 Å². The average molecular weight is 170 g/mol. The normalized spacial score (nSPS) is 19.8. The molecule has 1 fully saturated rings. The minimum atomic E-state index is -0.964. The van der Waals surface area contributed by atoms with Crippen LogP contribution in [0.2, 0.25) is 0 Å². The molecule has 1 N–H and O–H groups in total. The first-order valence-electron chi connectivity index (χ1n) is 4.43. The van der Waals surface area contributed by atoms with Crippen molar-refractivity contribution in [2.75, 3.05) is 0 Å². The van der Waals surface area contributed by atoms with Gasteiger partial charge in [0, 0.05) is 5.92 Å². The Hall–Kier alpha value is -0.860. The number of aliphatic carboxylic acids is 1. The van der Waals surface area contributed by atoms with Gasteiger partial charge in [0.2, 0.25) is 0 Å². The van der Waals surface area contributed by atoms with Gasteiger partial charge in [0.25, 0.3) is 0 Å². The second-order valence-electron chi connectivity index (χ2n) is 3.33. The molecule has 3 nitrogen and oxygen atoms in total. The fourth-order valence-corrected chi connectivity index (χ4v) is 1.47. The number of carbonyl (C=O) groups excluding carboxylic acids is 1. The molecule has 0 aromatic rings. The molecule has 12 heavy (non-hydrogen) atoms. The van der Waals surface area contributed by atoms with Crippen molar-refractivity contribution < 1.29 is 14.7 Å². The van der Waals surface area contributed by atoms with E-state index in [0.717, 1.165) is 19.3 Å². The molecule has 0 aromatic heterocycles. The summed E-state index contributed by atoms with van der Waals surface area (Å²) in [5.74, 6) is -1.73. The zero-order valence-corrected chi connectivity index (χ0v) is 7.25. The van der Waals surface area contributed by atoms with E-state index in [-0.39, 0.29) is 11.7 Å². The van der Waals surface area contributed by atoms with E-state index in [1.807, 2.05) is 0 Å². The number of carbonyl (C=O) groups is 2. The molecule has 1 saturated carbocycles. The molecule has 1 atom stereocenters. The summed E-state index contributed by atoms with van der Waals surface area (Å²) in [6, 6.07) is 0. The number of Topliss-reactive ketones (excluding diaryl/α,β-unsaturated/α-hetero) is 1. The second kappa shape index (κ2) is 3.70. The molecule has 0 aromatic carbocycles. The van der Waals surface area contributed by atoms with Crippen LogP contribution in [0.5, 0.6) is 0 Å². The summed E-state index contributed by atoms with van der Waals surface area (Å²) in [6.45, 7) is 1.75. The predicted molar refractivity (Wildman–Crippen MR) is 43.8 cm³/mol. The molecule has 3 heteroatoms. The van der Waals surface area contributed by atoms with E-state index in [1.165, 1.54) is 0 Å². The van der Waals surface area contributed by atoms with Gasteiger partial charge in [-0.25, -0.2) is 0 Å². The van der Waals surface area contributed by atoms with E-state index in [4.69, 9.17) is 5.11 Å². The molecule has 1 unspecified atom stereocenters. The Morgan fingerprint density at radius 2 is 2.08 bits per heavy atom. The lowest BCUT2D eigenvalue weighted by Gasteiger charge is -2.26. The molecule has 0 bridgehead atoms. The third-order valence-electron chi connectivity index (χ3n) is 2.56. The van der Waals surface area contributed by atoms with Crippen LogP contribution >= 0.6 is 0 Å². The average Bonchev–Trinajstić information content (AvgIpc) is 1.83. The Kier molecular flexibility index (Phi) is 2.84. The topological polar surface area (TPSA) is 54.4 Å². The van der Waals surface area contributed by atoms with Gasteiger partial charge in [0.15, 0.2) is 0 Å². The maximum atomic E-state index is 11.4. The van der Waals surface area contributed by atoms with Crippen LogP contribution in [0.4, 0.5) is 0 Å². The van der Waals surface area contributed by atoms with Crippen LogP contribution in [-0.2, 0) is 9.59 Å². The molecule has 1 aliphatic rings. The van der Waals surface area contributed by atoms with Crippen LogP contribution in [0.1, 0.15) is 32.6 Å². The minimum absolute atomic E-state index is 0.0473. The number of rotatable bonds is 4. The fraction of sp³-hybridized carbons (Fsp3) is 0.778. The molecule has 0 aliphatic heterocycles. The summed E-state index contributed by atoms with van der Waals surface area (Å²) in [4.78, 5) is 22.0. The van der Waals surface area contributed by atoms with Gasteiger partial charge in [0.05, 0.1) is 0 Å². The van der Waals surface area contributed by atoms with E-state index in [9.17, 15) is 9.59 Å². The van der Waals surface area contributed by atoms with Crippen LogP contribution < -0.4 is 0 Å². The second-order valence-corrected chi connectivity index (χ2v) is 3.33. The minimum Gasteiger partial charge on any atom is -0.481 e. The van der Waals surface area contributed by atoms with Gasteiger partial charge in [-0.3, -0.25) is 9.59 Å². The van der Waals surface area contributed by atoms with Gasteiger partial charge in [-0.05, 0) is 19.3 Å². The highest BCUT2D eigenvalue weighted by Gasteiger charge is 2.33.